The molecule has 2 aliphatic heterocycles. The lowest BCUT2D eigenvalue weighted by Gasteiger charge is -2.31. The van der Waals surface area contributed by atoms with Crippen LogP contribution in [-0.2, 0) is 0 Å². The Labute approximate surface area is 154 Å². The van der Waals surface area contributed by atoms with Gasteiger partial charge in [0.1, 0.15) is 6.21 Å². The van der Waals surface area contributed by atoms with Crippen LogP contribution in [0, 0.1) is 0 Å². The Balaban J connectivity index is 2.01. The van der Waals surface area contributed by atoms with Crippen molar-refractivity contribution in [2.45, 2.75) is 0 Å². The molecule has 0 fully saturated rings. The molecule has 0 radical (unpaired) electrons. The van der Waals surface area contributed by atoms with Crippen molar-refractivity contribution in [3.05, 3.63) is 70.7 Å². The number of aldehydes is 2. The molecule has 3 heterocycles. The van der Waals surface area contributed by atoms with Gasteiger partial charge in [0.15, 0.2) is 18.3 Å². The Morgan fingerprint density at radius 2 is 1.93 bits per heavy atom. The number of anilines is 1. The molecule has 2 aromatic rings. The van der Waals surface area contributed by atoms with Crippen LogP contribution >= 0.6 is 0 Å². The molecule has 0 N–H and O–H groups in total. The SMILES string of the molecule is CN(C)c1ccc(C2=C3C=CC=[N+]3[B-](F)(F)n3cc(C=O)cc32)cc1C=O. The minimum Gasteiger partial charge on any atom is -0.395 e. The Bertz CT molecular complexity index is 1080. The zero-order valence-electron chi connectivity index (χ0n) is 14.8. The van der Waals surface area contributed by atoms with Crippen molar-refractivity contribution < 1.29 is 22.7 Å². The number of halogens is 2. The van der Waals surface area contributed by atoms with Gasteiger partial charge in [-0.25, -0.2) is 0 Å². The van der Waals surface area contributed by atoms with Gasteiger partial charge in [0.05, 0.1) is 5.57 Å². The van der Waals surface area contributed by atoms with Crippen LogP contribution < -0.4 is 4.90 Å². The molecular weight excluding hydrogens is 351 g/mol. The quantitative estimate of drug-likeness (QED) is 0.617. The van der Waals surface area contributed by atoms with Crippen LogP contribution in [0.15, 0.2) is 48.3 Å². The van der Waals surface area contributed by atoms with Crippen LogP contribution in [0.4, 0.5) is 14.3 Å². The number of rotatable bonds is 4. The van der Waals surface area contributed by atoms with Gasteiger partial charge in [-0.2, -0.15) is 0 Å². The van der Waals surface area contributed by atoms with Gasteiger partial charge in [0.2, 0.25) is 0 Å². The van der Waals surface area contributed by atoms with E-state index in [4.69, 9.17) is 0 Å². The van der Waals surface area contributed by atoms with Crippen molar-refractivity contribution in [3.63, 3.8) is 0 Å². The summed E-state index contributed by atoms with van der Waals surface area (Å²) >= 11 is 0. The summed E-state index contributed by atoms with van der Waals surface area (Å²) in [5.74, 6) is 0. The number of aromatic nitrogens is 1. The van der Waals surface area contributed by atoms with Crippen molar-refractivity contribution in [1.29, 1.82) is 0 Å². The summed E-state index contributed by atoms with van der Waals surface area (Å²) in [5, 5.41) is 0. The average molecular weight is 367 g/mol. The third-order valence-electron chi connectivity index (χ3n) is 4.89. The zero-order valence-corrected chi connectivity index (χ0v) is 14.8. The van der Waals surface area contributed by atoms with Crippen molar-refractivity contribution in [3.8, 4) is 0 Å². The van der Waals surface area contributed by atoms with Crippen LogP contribution in [-0.4, -0.2) is 48.8 Å². The first kappa shape index (κ1) is 17.1. The van der Waals surface area contributed by atoms with Crippen LogP contribution in [0.5, 0.6) is 0 Å². The summed E-state index contributed by atoms with van der Waals surface area (Å²) < 4.78 is 31.7. The van der Waals surface area contributed by atoms with E-state index in [1.165, 1.54) is 18.5 Å². The molecule has 5 nitrogen and oxygen atoms in total. The van der Waals surface area contributed by atoms with Crippen LogP contribution in [0.3, 0.4) is 0 Å². The van der Waals surface area contributed by atoms with E-state index >= 15 is 0 Å². The van der Waals surface area contributed by atoms with Gasteiger partial charge in [-0.05, 0) is 30.0 Å². The molecule has 1 aromatic carbocycles. The van der Waals surface area contributed by atoms with E-state index in [0.29, 0.717) is 28.7 Å². The molecule has 136 valence electrons. The standard InChI is InChI=1S/C19H16BF2N3O2/c1-23(2)16-6-5-14(9-15(16)12-27)19-17-4-3-7-24(17)20(21,22)25-10-13(11-26)8-18(19)25/h3-12H,1-2H3. The molecule has 0 unspecified atom stereocenters. The summed E-state index contributed by atoms with van der Waals surface area (Å²) in [5.41, 5.74) is 3.15. The molecule has 27 heavy (non-hydrogen) atoms. The van der Waals surface area contributed by atoms with Crippen LogP contribution in [0.25, 0.3) is 5.57 Å². The number of hydrogen-bond donors (Lipinski definition) is 0. The smallest absolute Gasteiger partial charge is 0.395 e. The predicted molar refractivity (Wildman–Crippen MR) is 101 cm³/mol. The van der Waals surface area contributed by atoms with Gasteiger partial charge < -0.3 is 22.5 Å². The molecule has 0 amide bonds. The predicted octanol–water partition coefficient (Wildman–Crippen LogP) is 2.83. The topological polar surface area (TPSA) is 45.3 Å². The highest BCUT2D eigenvalue weighted by atomic mass is 19.2. The number of fused-ring (bicyclic) bond motifs is 2. The maximum absolute atomic E-state index is 15.0. The lowest BCUT2D eigenvalue weighted by atomic mass is 9.86. The van der Waals surface area contributed by atoms with Gasteiger partial charge in [0, 0.05) is 48.8 Å². The Kier molecular flexibility index (Phi) is 3.73. The number of nitrogens with zero attached hydrogens (tertiary/aromatic N) is 3. The number of carbonyl (C=O) groups excluding carboxylic acids is 2. The van der Waals surface area contributed by atoms with E-state index in [1.54, 1.807) is 30.4 Å². The summed E-state index contributed by atoms with van der Waals surface area (Å²) in [4.78, 5) is 24.6. The monoisotopic (exact) mass is 367 g/mol. The highest BCUT2D eigenvalue weighted by Gasteiger charge is 2.51. The fourth-order valence-corrected chi connectivity index (χ4v) is 3.67. The fourth-order valence-electron chi connectivity index (χ4n) is 3.67. The molecule has 0 bridgehead atoms. The largest absolute Gasteiger partial charge is 0.737 e. The molecule has 0 saturated carbocycles. The highest BCUT2D eigenvalue weighted by Crippen LogP contribution is 2.39. The first-order chi connectivity index (χ1) is 12.9. The molecule has 1 aromatic heterocycles. The van der Waals surface area contributed by atoms with Gasteiger partial charge in [0.25, 0.3) is 0 Å². The third-order valence-corrected chi connectivity index (χ3v) is 4.89. The first-order valence-electron chi connectivity index (χ1n) is 8.39. The molecule has 2 aliphatic rings. The van der Waals surface area contributed by atoms with Crippen molar-refractivity contribution >= 4 is 37.0 Å². The Morgan fingerprint density at radius 1 is 1.15 bits per heavy atom. The van der Waals surface area contributed by atoms with Crippen LogP contribution in [0.1, 0.15) is 32.0 Å². The molecule has 0 aliphatic carbocycles. The third kappa shape index (κ3) is 2.40. The van der Waals surface area contributed by atoms with E-state index in [0.717, 1.165) is 20.9 Å². The van der Waals surface area contributed by atoms with Crippen molar-refractivity contribution in [2.24, 2.45) is 0 Å². The minimum absolute atomic E-state index is 0.176. The second-order valence-electron chi connectivity index (χ2n) is 6.73. The summed E-state index contributed by atoms with van der Waals surface area (Å²) in [6.45, 7) is -4.10. The second-order valence-corrected chi connectivity index (χ2v) is 6.73. The molecule has 0 saturated heterocycles. The summed E-state index contributed by atoms with van der Waals surface area (Å²) in [6, 6.07) is 6.72. The molecule has 0 spiro atoms. The first-order valence-corrected chi connectivity index (χ1v) is 8.39. The number of hydrogen-bond acceptors (Lipinski definition) is 3. The Hall–Kier alpha value is -3.29. The van der Waals surface area contributed by atoms with E-state index in [9.17, 15) is 18.2 Å². The Morgan fingerprint density at radius 3 is 2.59 bits per heavy atom. The van der Waals surface area contributed by atoms with Gasteiger partial charge in [-0.15, -0.1) is 0 Å². The molecule has 4 rings (SSSR count). The number of carbonyl (C=O) groups is 2. The van der Waals surface area contributed by atoms with E-state index < -0.39 is 6.97 Å². The fraction of sp³-hybridized carbons (Fsp3) is 0.105. The maximum atomic E-state index is 15.0. The van der Waals surface area contributed by atoms with E-state index in [1.807, 2.05) is 19.0 Å². The second kappa shape index (κ2) is 5.87. The van der Waals surface area contributed by atoms with E-state index in [-0.39, 0.29) is 11.3 Å². The van der Waals surface area contributed by atoms with Crippen molar-refractivity contribution in [2.75, 3.05) is 19.0 Å². The minimum atomic E-state index is -4.10. The number of allylic oxidation sites excluding steroid dienone is 2. The van der Waals surface area contributed by atoms with Crippen molar-refractivity contribution in [1.82, 2.24) is 4.48 Å². The average Bonchev–Trinajstić information content (AvgIpc) is 3.29. The molecule has 8 heteroatoms. The summed E-state index contributed by atoms with van der Waals surface area (Å²) in [7, 11) is 3.65. The normalized spacial score (nSPS) is 16.7. The van der Waals surface area contributed by atoms with E-state index in [2.05, 4.69) is 0 Å². The lowest BCUT2D eigenvalue weighted by molar-refractivity contribution is -0.356. The molecule has 0 atom stereocenters. The van der Waals surface area contributed by atoms with Crippen LogP contribution in [0.2, 0.25) is 0 Å². The molecular formula is C19H16BF2N3O2. The highest BCUT2D eigenvalue weighted by molar-refractivity contribution is 6.57. The van der Waals surface area contributed by atoms with Gasteiger partial charge in [-0.1, -0.05) is 6.07 Å². The van der Waals surface area contributed by atoms with Gasteiger partial charge in [-0.3, -0.25) is 9.59 Å². The number of benzene rings is 1. The lowest BCUT2D eigenvalue weighted by Crippen LogP contribution is -2.49. The summed E-state index contributed by atoms with van der Waals surface area (Å²) in [6.07, 6.45) is 6.97. The zero-order chi connectivity index (χ0) is 19.3. The maximum Gasteiger partial charge on any atom is 0.737 e. The van der Waals surface area contributed by atoms with Gasteiger partial charge >= 0.3 is 6.97 Å².